The molecule has 26 heavy (non-hydrogen) atoms. The fraction of sp³-hybridized carbons (Fsp3) is 0.300. The minimum Gasteiger partial charge on any atom is -0.490 e. The Morgan fingerprint density at radius 3 is 2.92 bits per heavy atom. The van der Waals surface area contributed by atoms with E-state index in [9.17, 15) is 0 Å². The van der Waals surface area contributed by atoms with Gasteiger partial charge in [-0.2, -0.15) is 0 Å². The van der Waals surface area contributed by atoms with Gasteiger partial charge in [-0.3, -0.25) is 4.98 Å². The van der Waals surface area contributed by atoms with E-state index in [1.54, 1.807) is 12.4 Å². The highest BCUT2D eigenvalue weighted by Gasteiger charge is 2.12. The molecule has 2 aromatic heterocycles. The summed E-state index contributed by atoms with van der Waals surface area (Å²) in [6.07, 6.45) is 3.41. The standard InChI is InChI=1S/C20H24N4O2/c1-3-22-20(23-11-12-25-17-8-6-10-21-14-17)24-15(2)19-13-16-7-4-5-9-18(16)26-19/h4-10,13-15H,3,11-12H2,1-2H3,(H2,22,23,24). The quantitative estimate of drug-likeness (QED) is 0.387. The monoisotopic (exact) mass is 352 g/mol. The number of fused-ring (bicyclic) bond motifs is 1. The SMILES string of the molecule is CCNC(=NCCOc1cccnc1)NC(C)c1cc2ccccc2o1. The number of rotatable bonds is 7. The number of furan rings is 1. The first-order chi connectivity index (χ1) is 12.8. The van der Waals surface area contributed by atoms with Crippen LogP contribution in [-0.4, -0.2) is 30.6 Å². The highest BCUT2D eigenvalue weighted by atomic mass is 16.5. The lowest BCUT2D eigenvalue weighted by atomic mass is 10.2. The summed E-state index contributed by atoms with van der Waals surface area (Å²) in [4.78, 5) is 8.58. The van der Waals surface area contributed by atoms with Crippen molar-refractivity contribution in [3.63, 3.8) is 0 Å². The maximum absolute atomic E-state index is 5.92. The number of benzene rings is 1. The summed E-state index contributed by atoms with van der Waals surface area (Å²) in [7, 11) is 0. The number of ether oxygens (including phenoxy) is 1. The zero-order valence-electron chi connectivity index (χ0n) is 15.1. The molecule has 0 saturated heterocycles. The lowest BCUT2D eigenvalue weighted by Crippen LogP contribution is -2.39. The highest BCUT2D eigenvalue weighted by Crippen LogP contribution is 2.23. The summed E-state index contributed by atoms with van der Waals surface area (Å²) in [5.74, 6) is 2.36. The molecule has 1 aromatic carbocycles. The van der Waals surface area contributed by atoms with E-state index in [1.807, 2.05) is 43.3 Å². The highest BCUT2D eigenvalue weighted by molar-refractivity contribution is 5.81. The minimum absolute atomic E-state index is 0.000517. The van der Waals surface area contributed by atoms with Gasteiger partial charge in [0.05, 0.1) is 18.8 Å². The van der Waals surface area contributed by atoms with Crippen LogP contribution in [-0.2, 0) is 0 Å². The molecule has 2 N–H and O–H groups in total. The van der Waals surface area contributed by atoms with Crippen LogP contribution in [0.15, 0.2) is 64.3 Å². The second kappa shape index (κ2) is 8.89. The van der Waals surface area contributed by atoms with Crippen LogP contribution in [0.3, 0.4) is 0 Å². The smallest absolute Gasteiger partial charge is 0.191 e. The van der Waals surface area contributed by atoms with Gasteiger partial charge in [-0.05, 0) is 38.1 Å². The predicted octanol–water partition coefficient (Wildman–Crippen LogP) is 3.52. The molecule has 0 aliphatic rings. The van der Waals surface area contributed by atoms with Crippen LogP contribution in [0.5, 0.6) is 5.75 Å². The third-order valence-corrected chi connectivity index (χ3v) is 3.83. The van der Waals surface area contributed by atoms with E-state index in [4.69, 9.17) is 9.15 Å². The van der Waals surface area contributed by atoms with Crippen molar-refractivity contribution in [3.8, 4) is 5.75 Å². The number of pyridine rings is 1. The van der Waals surface area contributed by atoms with Gasteiger partial charge in [0.1, 0.15) is 23.7 Å². The summed E-state index contributed by atoms with van der Waals surface area (Å²) in [6, 6.07) is 13.8. The molecule has 0 radical (unpaired) electrons. The van der Waals surface area contributed by atoms with Gasteiger partial charge in [0.15, 0.2) is 5.96 Å². The first-order valence-corrected chi connectivity index (χ1v) is 8.82. The van der Waals surface area contributed by atoms with Gasteiger partial charge in [0.2, 0.25) is 0 Å². The van der Waals surface area contributed by atoms with Gasteiger partial charge in [-0.15, -0.1) is 0 Å². The van der Waals surface area contributed by atoms with Gasteiger partial charge in [-0.1, -0.05) is 18.2 Å². The lowest BCUT2D eigenvalue weighted by molar-refractivity contribution is 0.327. The molecule has 0 aliphatic carbocycles. The van der Waals surface area contributed by atoms with Crippen LogP contribution in [0.25, 0.3) is 11.0 Å². The molecular formula is C20H24N4O2. The van der Waals surface area contributed by atoms with Crippen molar-refractivity contribution in [1.29, 1.82) is 0 Å². The summed E-state index contributed by atoms with van der Waals surface area (Å²) in [5, 5.41) is 7.72. The molecule has 6 nitrogen and oxygen atoms in total. The number of para-hydroxylation sites is 1. The van der Waals surface area contributed by atoms with Crippen LogP contribution < -0.4 is 15.4 Å². The maximum atomic E-state index is 5.92. The van der Waals surface area contributed by atoms with Crippen molar-refractivity contribution in [2.45, 2.75) is 19.9 Å². The van der Waals surface area contributed by atoms with Crippen molar-refractivity contribution in [1.82, 2.24) is 15.6 Å². The number of hydrogen-bond acceptors (Lipinski definition) is 4. The number of aromatic nitrogens is 1. The van der Waals surface area contributed by atoms with Crippen molar-refractivity contribution >= 4 is 16.9 Å². The van der Waals surface area contributed by atoms with Crippen LogP contribution >= 0.6 is 0 Å². The van der Waals surface area contributed by atoms with Crippen molar-refractivity contribution in [2.75, 3.05) is 19.7 Å². The molecular weight excluding hydrogens is 328 g/mol. The fourth-order valence-electron chi connectivity index (χ4n) is 2.57. The Morgan fingerprint density at radius 2 is 2.15 bits per heavy atom. The van der Waals surface area contributed by atoms with Crippen LogP contribution in [0.4, 0.5) is 0 Å². The Balaban J connectivity index is 1.57. The van der Waals surface area contributed by atoms with Gasteiger partial charge in [0, 0.05) is 18.1 Å². The fourth-order valence-corrected chi connectivity index (χ4v) is 2.57. The molecule has 1 unspecified atom stereocenters. The average Bonchev–Trinajstić information content (AvgIpc) is 3.10. The number of nitrogens with one attached hydrogen (secondary N) is 2. The number of nitrogens with zero attached hydrogens (tertiary/aromatic N) is 2. The Bertz CT molecular complexity index is 812. The third-order valence-electron chi connectivity index (χ3n) is 3.83. The topological polar surface area (TPSA) is 71.7 Å². The number of hydrogen-bond donors (Lipinski definition) is 2. The largest absolute Gasteiger partial charge is 0.490 e. The van der Waals surface area contributed by atoms with Gasteiger partial charge in [0.25, 0.3) is 0 Å². The first-order valence-electron chi connectivity index (χ1n) is 8.82. The Labute approximate surface area is 153 Å². The zero-order valence-corrected chi connectivity index (χ0v) is 15.1. The lowest BCUT2D eigenvalue weighted by Gasteiger charge is -2.16. The minimum atomic E-state index is -0.000517. The van der Waals surface area contributed by atoms with Crippen molar-refractivity contribution in [2.24, 2.45) is 4.99 Å². The van der Waals surface area contributed by atoms with Crippen molar-refractivity contribution < 1.29 is 9.15 Å². The van der Waals surface area contributed by atoms with Gasteiger partial charge < -0.3 is 19.8 Å². The van der Waals surface area contributed by atoms with E-state index in [0.717, 1.165) is 35.0 Å². The zero-order chi connectivity index (χ0) is 18.2. The molecule has 136 valence electrons. The molecule has 1 atom stereocenters. The van der Waals surface area contributed by atoms with Crippen molar-refractivity contribution in [3.05, 3.63) is 60.6 Å². The summed E-state index contributed by atoms with van der Waals surface area (Å²) in [6.45, 7) is 5.90. The van der Waals surface area contributed by atoms with E-state index in [1.165, 1.54) is 0 Å². The summed E-state index contributed by atoms with van der Waals surface area (Å²) in [5.41, 5.74) is 0.892. The molecule has 0 bridgehead atoms. The molecule has 6 heteroatoms. The second-order valence-corrected chi connectivity index (χ2v) is 5.85. The normalized spacial score (nSPS) is 12.8. The van der Waals surface area contributed by atoms with E-state index >= 15 is 0 Å². The van der Waals surface area contributed by atoms with E-state index in [0.29, 0.717) is 13.2 Å². The summed E-state index contributed by atoms with van der Waals surface area (Å²) >= 11 is 0. The molecule has 2 heterocycles. The molecule has 0 amide bonds. The molecule has 0 fully saturated rings. The Kier molecular flexibility index (Phi) is 6.09. The molecule has 0 saturated carbocycles. The van der Waals surface area contributed by atoms with E-state index in [-0.39, 0.29) is 6.04 Å². The molecule has 3 aromatic rings. The third kappa shape index (κ3) is 4.75. The van der Waals surface area contributed by atoms with Gasteiger partial charge in [-0.25, -0.2) is 4.99 Å². The maximum Gasteiger partial charge on any atom is 0.191 e. The molecule has 3 rings (SSSR count). The van der Waals surface area contributed by atoms with E-state index in [2.05, 4.69) is 33.6 Å². The Morgan fingerprint density at radius 1 is 1.27 bits per heavy atom. The van der Waals surface area contributed by atoms with Crippen LogP contribution in [0.1, 0.15) is 25.6 Å². The number of aliphatic imine (C=N–C) groups is 1. The number of guanidine groups is 1. The molecule has 0 aliphatic heterocycles. The Hall–Kier alpha value is -3.02. The molecule has 0 spiro atoms. The first kappa shape index (κ1) is 17.8. The van der Waals surface area contributed by atoms with E-state index < -0.39 is 0 Å². The second-order valence-electron chi connectivity index (χ2n) is 5.85. The van der Waals surface area contributed by atoms with Gasteiger partial charge >= 0.3 is 0 Å². The summed E-state index contributed by atoms with van der Waals surface area (Å²) < 4.78 is 11.5. The average molecular weight is 352 g/mol. The predicted molar refractivity (Wildman–Crippen MR) is 103 cm³/mol. The van der Waals surface area contributed by atoms with Crippen LogP contribution in [0.2, 0.25) is 0 Å². The van der Waals surface area contributed by atoms with Crippen LogP contribution in [0, 0.1) is 0 Å².